The number of halogens is 3. The molecule has 0 unspecified atom stereocenters. The van der Waals surface area contributed by atoms with Crippen LogP contribution in [0.1, 0.15) is 27.8 Å². The van der Waals surface area contributed by atoms with Gasteiger partial charge in [-0.25, -0.2) is 4.99 Å². The predicted octanol–water partition coefficient (Wildman–Crippen LogP) is 6.05. The van der Waals surface area contributed by atoms with Gasteiger partial charge in [-0.1, -0.05) is 60.7 Å². The molecule has 3 rings (SSSR count). The van der Waals surface area contributed by atoms with Crippen molar-refractivity contribution in [3.63, 3.8) is 0 Å². The van der Waals surface area contributed by atoms with Crippen LogP contribution in [-0.2, 0) is 6.18 Å². The highest BCUT2D eigenvalue weighted by Crippen LogP contribution is 2.38. The van der Waals surface area contributed by atoms with Crippen LogP contribution in [0.3, 0.4) is 0 Å². The number of nitriles is 1. The minimum absolute atomic E-state index is 0.0640. The molecule has 0 aliphatic carbocycles. The summed E-state index contributed by atoms with van der Waals surface area (Å²) in [7, 11) is 0. The molecular formula is C22H15F3N2. The van der Waals surface area contributed by atoms with E-state index in [0.29, 0.717) is 5.71 Å². The summed E-state index contributed by atoms with van der Waals surface area (Å²) in [5.74, 6) is 0. The Hall–Kier alpha value is -3.39. The van der Waals surface area contributed by atoms with Crippen molar-refractivity contribution in [3.8, 4) is 6.07 Å². The molecule has 0 bridgehead atoms. The van der Waals surface area contributed by atoms with E-state index in [1.165, 1.54) is 19.1 Å². The van der Waals surface area contributed by atoms with Crippen molar-refractivity contribution in [2.45, 2.75) is 13.1 Å². The third-order valence-corrected chi connectivity index (χ3v) is 4.17. The Morgan fingerprint density at radius 3 is 1.81 bits per heavy atom. The second kappa shape index (κ2) is 7.46. The zero-order valence-electron chi connectivity index (χ0n) is 14.5. The van der Waals surface area contributed by atoms with Gasteiger partial charge in [0.15, 0.2) is 0 Å². The monoisotopic (exact) mass is 364 g/mol. The van der Waals surface area contributed by atoms with Crippen molar-refractivity contribution >= 4 is 11.4 Å². The van der Waals surface area contributed by atoms with Gasteiger partial charge in [-0.15, -0.1) is 0 Å². The summed E-state index contributed by atoms with van der Waals surface area (Å²) in [5, 5.41) is 9.05. The molecular weight excluding hydrogens is 349 g/mol. The second-order valence-electron chi connectivity index (χ2n) is 5.93. The van der Waals surface area contributed by atoms with Crippen LogP contribution in [0.25, 0.3) is 0 Å². The van der Waals surface area contributed by atoms with Crippen LogP contribution in [0, 0.1) is 18.3 Å². The Kier molecular flexibility index (Phi) is 5.09. The van der Waals surface area contributed by atoms with Crippen molar-refractivity contribution in [1.29, 1.82) is 5.26 Å². The van der Waals surface area contributed by atoms with Crippen molar-refractivity contribution < 1.29 is 13.2 Å². The molecule has 3 aromatic rings. The molecule has 0 amide bonds. The highest BCUT2D eigenvalue weighted by molar-refractivity contribution is 6.14. The first-order valence-electron chi connectivity index (χ1n) is 8.22. The molecule has 0 radical (unpaired) electrons. The Labute approximate surface area is 155 Å². The van der Waals surface area contributed by atoms with E-state index in [2.05, 4.69) is 4.99 Å². The number of aliphatic imine (C=N–C) groups is 1. The molecule has 0 spiro atoms. The molecule has 5 heteroatoms. The van der Waals surface area contributed by atoms with Crippen molar-refractivity contribution in [1.82, 2.24) is 0 Å². The van der Waals surface area contributed by atoms with Crippen LogP contribution >= 0.6 is 0 Å². The highest BCUT2D eigenvalue weighted by Gasteiger charge is 2.36. The molecule has 0 fully saturated rings. The maximum atomic E-state index is 13.5. The third-order valence-electron chi connectivity index (χ3n) is 4.17. The van der Waals surface area contributed by atoms with Gasteiger partial charge in [-0.2, -0.15) is 18.4 Å². The van der Waals surface area contributed by atoms with Gasteiger partial charge < -0.3 is 0 Å². The molecule has 0 heterocycles. The summed E-state index contributed by atoms with van der Waals surface area (Å²) in [6, 6.07) is 22.8. The van der Waals surface area contributed by atoms with E-state index < -0.39 is 17.3 Å². The first-order chi connectivity index (χ1) is 12.9. The van der Waals surface area contributed by atoms with E-state index in [0.717, 1.165) is 11.1 Å². The lowest BCUT2D eigenvalue weighted by atomic mass is 9.99. The van der Waals surface area contributed by atoms with Crippen molar-refractivity contribution in [3.05, 3.63) is 101 Å². The minimum atomic E-state index is -4.62. The first-order valence-corrected chi connectivity index (χ1v) is 8.22. The Morgan fingerprint density at radius 1 is 0.852 bits per heavy atom. The molecule has 0 saturated carbocycles. The van der Waals surface area contributed by atoms with Crippen molar-refractivity contribution in [2.75, 3.05) is 0 Å². The standard InChI is InChI=1S/C22H15F3N2/c1-15-19(13-12-18(14-26)20(15)22(23,24)25)27-21(16-8-4-2-5-9-16)17-10-6-3-7-11-17/h2-13H,1H3. The predicted molar refractivity (Wildman–Crippen MR) is 99.1 cm³/mol. The van der Waals surface area contributed by atoms with Gasteiger partial charge in [0.1, 0.15) is 0 Å². The van der Waals surface area contributed by atoms with Gasteiger partial charge in [0.05, 0.1) is 28.6 Å². The topological polar surface area (TPSA) is 36.1 Å². The first kappa shape index (κ1) is 18.4. The van der Waals surface area contributed by atoms with Gasteiger partial charge in [0, 0.05) is 11.1 Å². The van der Waals surface area contributed by atoms with E-state index in [9.17, 15) is 13.2 Å². The highest BCUT2D eigenvalue weighted by atomic mass is 19.4. The SMILES string of the molecule is Cc1c(N=C(c2ccccc2)c2ccccc2)ccc(C#N)c1C(F)(F)F. The maximum absolute atomic E-state index is 13.5. The van der Waals surface area contributed by atoms with Gasteiger partial charge in [0.2, 0.25) is 0 Å². The summed E-state index contributed by atoms with van der Waals surface area (Å²) in [6.07, 6.45) is -4.62. The fourth-order valence-corrected chi connectivity index (χ4v) is 2.89. The molecule has 0 saturated heterocycles. The number of nitrogens with zero attached hydrogens (tertiary/aromatic N) is 2. The summed E-state index contributed by atoms with van der Waals surface area (Å²) >= 11 is 0. The van der Waals surface area contributed by atoms with Crippen LogP contribution in [0.4, 0.5) is 18.9 Å². The van der Waals surface area contributed by atoms with Gasteiger partial charge in [-0.3, -0.25) is 0 Å². The van der Waals surface area contributed by atoms with Crippen LogP contribution < -0.4 is 0 Å². The summed E-state index contributed by atoms with van der Waals surface area (Å²) in [4.78, 5) is 4.56. The molecule has 0 aromatic heterocycles. The number of hydrogen-bond acceptors (Lipinski definition) is 2. The van der Waals surface area contributed by atoms with E-state index in [1.807, 2.05) is 60.7 Å². The maximum Gasteiger partial charge on any atom is 0.418 e. The smallest absolute Gasteiger partial charge is 0.247 e. The molecule has 27 heavy (non-hydrogen) atoms. The Bertz CT molecular complexity index is 974. The Morgan fingerprint density at radius 2 is 1.37 bits per heavy atom. The molecule has 0 aliphatic rings. The fraction of sp³-hybridized carbons (Fsp3) is 0.0909. The molecule has 134 valence electrons. The van der Waals surface area contributed by atoms with E-state index in [-0.39, 0.29) is 11.3 Å². The summed E-state index contributed by atoms with van der Waals surface area (Å²) in [5.41, 5.74) is 0.931. The second-order valence-corrected chi connectivity index (χ2v) is 5.93. The van der Waals surface area contributed by atoms with Crippen LogP contribution in [0.5, 0.6) is 0 Å². The molecule has 0 N–H and O–H groups in total. The number of benzene rings is 3. The molecule has 3 aromatic carbocycles. The summed E-state index contributed by atoms with van der Waals surface area (Å²) in [6.45, 7) is 1.34. The molecule has 0 atom stereocenters. The average molecular weight is 364 g/mol. The number of hydrogen-bond donors (Lipinski definition) is 0. The molecule has 2 nitrogen and oxygen atoms in total. The van der Waals surface area contributed by atoms with Gasteiger partial charge in [0.25, 0.3) is 0 Å². The van der Waals surface area contributed by atoms with Crippen LogP contribution in [0.15, 0.2) is 77.8 Å². The lowest BCUT2D eigenvalue weighted by Crippen LogP contribution is -2.11. The van der Waals surface area contributed by atoms with Gasteiger partial charge in [-0.05, 0) is 24.6 Å². The van der Waals surface area contributed by atoms with E-state index in [1.54, 1.807) is 6.07 Å². The van der Waals surface area contributed by atoms with Gasteiger partial charge >= 0.3 is 6.18 Å². The third kappa shape index (κ3) is 3.90. The average Bonchev–Trinajstić information content (AvgIpc) is 2.67. The zero-order valence-corrected chi connectivity index (χ0v) is 14.5. The number of alkyl halides is 3. The van der Waals surface area contributed by atoms with Crippen LogP contribution in [0.2, 0.25) is 0 Å². The van der Waals surface area contributed by atoms with Crippen molar-refractivity contribution in [2.24, 2.45) is 4.99 Å². The largest absolute Gasteiger partial charge is 0.418 e. The van der Waals surface area contributed by atoms with Crippen LogP contribution in [-0.4, -0.2) is 5.71 Å². The quantitative estimate of drug-likeness (QED) is 0.521. The zero-order chi connectivity index (χ0) is 19.4. The Balaban J connectivity index is 2.25. The lowest BCUT2D eigenvalue weighted by molar-refractivity contribution is -0.138. The summed E-state index contributed by atoms with van der Waals surface area (Å²) < 4.78 is 40.4. The normalized spacial score (nSPS) is 10.9. The van der Waals surface area contributed by atoms with E-state index in [4.69, 9.17) is 5.26 Å². The number of rotatable bonds is 3. The fourth-order valence-electron chi connectivity index (χ4n) is 2.89. The molecule has 0 aliphatic heterocycles. The van der Waals surface area contributed by atoms with E-state index >= 15 is 0 Å². The minimum Gasteiger partial charge on any atom is -0.247 e. The lowest BCUT2D eigenvalue weighted by Gasteiger charge is -2.15.